The second-order valence-electron chi connectivity index (χ2n) is 2.63. The van der Waals surface area contributed by atoms with Crippen LogP contribution in [0.3, 0.4) is 0 Å². The van der Waals surface area contributed by atoms with E-state index in [4.69, 9.17) is 11.6 Å². The van der Waals surface area contributed by atoms with Crippen LogP contribution in [0.15, 0.2) is 30.6 Å². The largest absolute Gasteiger partial charge is 0.445 e. The molecule has 0 aliphatic rings. The SMILES string of the molecule is O=C(OCCl)c1cn2ccccc2n1. The lowest BCUT2D eigenvalue weighted by atomic mass is 10.5. The van der Waals surface area contributed by atoms with E-state index in [2.05, 4.69) is 9.72 Å². The van der Waals surface area contributed by atoms with Gasteiger partial charge in [0.15, 0.2) is 11.8 Å². The van der Waals surface area contributed by atoms with E-state index in [-0.39, 0.29) is 11.8 Å². The third-order valence-electron chi connectivity index (χ3n) is 1.76. The lowest BCUT2D eigenvalue weighted by molar-refractivity contribution is 0.0568. The first kappa shape index (κ1) is 9.02. The molecule has 0 unspecified atom stereocenters. The van der Waals surface area contributed by atoms with Gasteiger partial charge in [-0.1, -0.05) is 17.7 Å². The van der Waals surface area contributed by atoms with Crippen LogP contribution in [-0.2, 0) is 4.74 Å². The molecule has 0 bridgehead atoms. The summed E-state index contributed by atoms with van der Waals surface area (Å²) in [5, 5.41) is 0. The summed E-state index contributed by atoms with van der Waals surface area (Å²) in [4.78, 5) is 15.3. The van der Waals surface area contributed by atoms with Gasteiger partial charge in [0, 0.05) is 12.4 Å². The first-order valence-electron chi connectivity index (χ1n) is 3.98. The predicted molar refractivity (Wildman–Crippen MR) is 51.3 cm³/mol. The number of fused-ring (bicyclic) bond motifs is 1. The molecule has 2 heterocycles. The van der Waals surface area contributed by atoms with Gasteiger partial charge in [-0.2, -0.15) is 0 Å². The topological polar surface area (TPSA) is 43.6 Å². The molecule has 4 nitrogen and oxygen atoms in total. The van der Waals surface area contributed by atoms with Gasteiger partial charge in [-0.15, -0.1) is 0 Å². The number of rotatable bonds is 2. The highest BCUT2D eigenvalue weighted by Gasteiger charge is 2.10. The number of imidazole rings is 1. The highest BCUT2D eigenvalue weighted by atomic mass is 35.5. The number of halogens is 1. The first-order valence-corrected chi connectivity index (χ1v) is 4.51. The number of esters is 1. The van der Waals surface area contributed by atoms with Crippen LogP contribution in [0.25, 0.3) is 5.65 Å². The maximum absolute atomic E-state index is 11.2. The van der Waals surface area contributed by atoms with Crippen LogP contribution in [0.2, 0.25) is 0 Å². The molecular formula is C9H7ClN2O2. The predicted octanol–water partition coefficient (Wildman–Crippen LogP) is 1.69. The number of carbonyl (C=O) groups is 1. The van der Waals surface area contributed by atoms with E-state index in [1.165, 1.54) is 0 Å². The molecule has 14 heavy (non-hydrogen) atoms. The zero-order valence-corrected chi connectivity index (χ0v) is 7.94. The minimum Gasteiger partial charge on any atom is -0.445 e. The Morgan fingerprint density at radius 2 is 2.43 bits per heavy atom. The summed E-state index contributed by atoms with van der Waals surface area (Å²) in [5.74, 6) is -0.510. The van der Waals surface area contributed by atoms with Gasteiger partial charge in [-0.05, 0) is 12.1 Å². The summed E-state index contributed by atoms with van der Waals surface area (Å²) in [6.45, 7) is 0. The fourth-order valence-corrected chi connectivity index (χ4v) is 1.26. The highest BCUT2D eigenvalue weighted by Crippen LogP contribution is 2.05. The normalized spacial score (nSPS) is 10.4. The van der Waals surface area contributed by atoms with E-state index in [9.17, 15) is 4.79 Å². The highest BCUT2D eigenvalue weighted by molar-refractivity contribution is 6.17. The third kappa shape index (κ3) is 1.56. The van der Waals surface area contributed by atoms with Crippen LogP contribution in [0.1, 0.15) is 10.5 Å². The number of pyridine rings is 1. The lowest BCUT2D eigenvalue weighted by Gasteiger charge is -1.93. The second kappa shape index (κ2) is 3.67. The molecular weight excluding hydrogens is 204 g/mol. The lowest BCUT2D eigenvalue weighted by Crippen LogP contribution is -2.03. The number of hydrogen-bond acceptors (Lipinski definition) is 3. The number of nitrogens with zero attached hydrogens (tertiary/aromatic N) is 2. The van der Waals surface area contributed by atoms with Gasteiger partial charge in [0.2, 0.25) is 0 Å². The molecule has 0 saturated carbocycles. The summed E-state index contributed by atoms with van der Waals surface area (Å²) >= 11 is 5.27. The zero-order valence-electron chi connectivity index (χ0n) is 7.18. The Morgan fingerprint density at radius 1 is 1.57 bits per heavy atom. The molecule has 0 fully saturated rings. The number of aromatic nitrogens is 2. The average molecular weight is 211 g/mol. The fourth-order valence-electron chi connectivity index (χ4n) is 1.16. The Morgan fingerprint density at radius 3 is 3.14 bits per heavy atom. The minimum absolute atomic E-state index is 0.160. The number of carbonyl (C=O) groups excluding carboxylic acids is 1. The Kier molecular flexibility index (Phi) is 2.37. The average Bonchev–Trinajstić information content (AvgIpc) is 2.61. The molecule has 0 N–H and O–H groups in total. The molecule has 72 valence electrons. The number of alkyl halides is 1. The molecule has 2 aromatic heterocycles. The van der Waals surface area contributed by atoms with Crippen LogP contribution in [-0.4, -0.2) is 21.4 Å². The quantitative estimate of drug-likeness (QED) is 0.560. The van der Waals surface area contributed by atoms with E-state index in [0.717, 1.165) is 0 Å². The second-order valence-corrected chi connectivity index (χ2v) is 2.85. The molecule has 2 rings (SSSR count). The molecule has 0 saturated heterocycles. The Balaban J connectivity index is 2.40. The summed E-state index contributed by atoms with van der Waals surface area (Å²) < 4.78 is 6.35. The van der Waals surface area contributed by atoms with Crippen LogP contribution in [0.5, 0.6) is 0 Å². The van der Waals surface area contributed by atoms with Crippen LogP contribution in [0.4, 0.5) is 0 Å². The first-order chi connectivity index (χ1) is 6.81. The van der Waals surface area contributed by atoms with Gasteiger partial charge in [0.25, 0.3) is 0 Å². The summed E-state index contributed by atoms with van der Waals surface area (Å²) in [5.41, 5.74) is 0.964. The van der Waals surface area contributed by atoms with Gasteiger partial charge in [0.05, 0.1) is 0 Å². The van der Waals surface area contributed by atoms with Gasteiger partial charge < -0.3 is 9.14 Å². The van der Waals surface area contributed by atoms with Crippen molar-refractivity contribution in [3.63, 3.8) is 0 Å². The maximum Gasteiger partial charge on any atom is 0.359 e. The van der Waals surface area contributed by atoms with Crippen molar-refractivity contribution >= 4 is 23.2 Å². The summed E-state index contributed by atoms with van der Waals surface area (Å²) in [7, 11) is 0. The van der Waals surface area contributed by atoms with Crippen molar-refractivity contribution in [2.45, 2.75) is 0 Å². The van der Waals surface area contributed by atoms with Crippen LogP contribution >= 0.6 is 11.6 Å². The molecule has 2 aromatic rings. The molecule has 0 amide bonds. The Labute approximate surface area is 85.1 Å². The summed E-state index contributed by atoms with van der Waals surface area (Å²) in [6, 6.07) is 5.34. The van der Waals surface area contributed by atoms with Crippen LogP contribution < -0.4 is 0 Å². The van der Waals surface area contributed by atoms with Crippen molar-refractivity contribution in [2.24, 2.45) is 0 Å². The van der Waals surface area contributed by atoms with Crippen molar-refractivity contribution in [3.05, 3.63) is 36.3 Å². The molecule has 5 heteroatoms. The van der Waals surface area contributed by atoms with E-state index in [0.29, 0.717) is 5.65 Å². The molecule has 0 radical (unpaired) electrons. The molecule has 0 aliphatic carbocycles. The molecule has 0 atom stereocenters. The van der Waals surface area contributed by atoms with Crippen molar-refractivity contribution in [1.29, 1.82) is 0 Å². The standard InChI is InChI=1S/C9H7ClN2O2/c10-6-14-9(13)7-5-12-4-2-1-3-8(12)11-7/h1-5H,6H2. The van der Waals surface area contributed by atoms with Gasteiger partial charge in [-0.25, -0.2) is 9.78 Å². The zero-order chi connectivity index (χ0) is 9.97. The van der Waals surface area contributed by atoms with Gasteiger partial charge >= 0.3 is 5.97 Å². The van der Waals surface area contributed by atoms with Gasteiger partial charge in [0.1, 0.15) is 5.65 Å². The minimum atomic E-state index is -0.510. The van der Waals surface area contributed by atoms with Gasteiger partial charge in [-0.3, -0.25) is 0 Å². The summed E-state index contributed by atoms with van der Waals surface area (Å²) in [6.07, 6.45) is 3.41. The van der Waals surface area contributed by atoms with E-state index in [1.807, 2.05) is 12.1 Å². The molecule has 0 spiro atoms. The fraction of sp³-hybridized carbons (Fsp3) is 0.111. The molecule has 0 aromatic carbocycles. The van der Waals surface area contributed by atoms with Crippen LogP contribution in [0, 0.1) is 0 Å². The van der Waals surface area contributed by atoms with E-state index in [1.54, 1.807) is 22.9 Å². The number of hydrogen-bond donors (Lipinski definition) is 0. The smallest absolute Gasteiger partial charge is 0.359 e. The van der Waals surface area contributed by atoms with Crippen molar-refractivity contribution in [2.75, 3.05) is 6.07 Å². The van der Waals surface area contributed by atoms with E-state index < -0.39 is 5.97 Å². The molecule has 0 aliphatic heterocycles. The third-order valence-corrected chi connectivity index (χ3v) is 1.87. The maximum atomic E-state index is 11.2. The van der Waals surface area contributed by atoms with E-state index >= 15 is 0 Å². The van der Waals surface area contributed by atoms with Crippen molar-refractivity contribution < 1.29 is 9.53 Å². The monoisotopic (exact) mass is 210 g/mol. The number of ether oxygens (including phenoxy) is 1. The Hall–Kier alpha value is -1.55. The van der Waals surface area contributed by atoms with Crippen molar-refractivity contribution in [3.8, 4) is 0 Å². The Bertz CT molecular complexity index is 434. The van der Waals surface area contributed by atoms with Crippen molar-refractivity contribution in [1.82, 2.24) is 9.38 Å².